The summed E-state index contributed by atoms with van der Waals surface area (Å²) in [5, 5.41) is 2.71. The maximum Gasteiger partial charge on any atom is 0.291 e. The normalized spacial score (nSPS) is 10.4. The number of rotatable bonds is 4. The Morgan fingerprint density at radius 1 is 1.22 bits per heavy atom. The van der Waals surface area contributed by atoms with Crippen LogP contribution in [0.15, 0.2) is 53.2 Å². The summed E-state index contributed by atoms with van der Waals surface area (Å²) >= 11 is 0. The summed E-state index contributed by atoms with van der Waals surface area (Å²) in [4.78, 5) is 22.0. The Labute approximate surface area is 104 Å². The Hall–Kier alpha value is -2.62. The Balaban J connectivity index is 2.21. The summed E-state index contributed by atoms with van der Waals surface area (Å²) in [5.74, 6) is -0.105. The minimum Gasteiger partial charge on any atom is -0.459 e. The maximum atomic E-state index is 11.8. The molecule has 0 aliphatic rings. The van der Waals surface area contributed by atoms with E-state index in [1.165, 1.54) is 12.3 Å². The van der Waals surface area contributed by atoms with Gasteiger partial charge in [-0.3, -0.25) is 9.59 Å². The molecule has 1 N–H and O–H groups in total. The Morgan fingerprint density at radius 3 is 2.78 bits per heavy atom. The molecule has 2 rings (SSSR count). The van der Waals surface area contributed by atoms with E-state index >= 15 is 0 Å². The zero-order chi connectivity index (χ0) is 12.8. The molecule has 0 bridgehead atoms. The van der Waals surface area contributed by atoms with Gasteiger partial charge >= 0.3 is 0 Å². The molecule has 0 aliphatic carbocycles. The Morgan fingerprint density at radius 2 is 2.06 bits per heavy atom. The van der Waals surface area contributed by atoms with Gasteiger partial charge in [-0.1, -0.05) is 18.2 Å². The largest absolute Gasteiger partial charge is 0.459 e. The minimum absolute atomic E-state index is 0.232. The predicted molar refractivity (Wildman–Crippen MR) is 67.8 cm³/mol. The molecule has 0 aliphatic heterocycles. The first kappa shape index (κ1) is 11.9. The smallest absolute Gasteiger partial charge is 0.291 e. The van der Waals surface area contributed by atoms with Crippen LogP contribution in [0.4, 0.5) is 5.69 Å². The topological polar surface area (TPSA) is 59.3 Å². The number of amides is 1. The summed E-state index contributed by atoms with van der Waals surface area (Å²) in [5.41, 5.74) is 1.33. The lowest BCUT2D eigenvalue weighted by molar-refractivity contribution is 0.0996. The van der Waals surface area contributed by atoms with Crippen LogP contribution in [-0.2, 0) is 4.79 Å². The number of benzene rings is 1. The molecule has 0 fully saturated rings. The molecule has 4 nitrogen and oxygen atoms in total. The molecule has 4 heteroatoms. The van der Waals surface area contributed by atoms with Crippen LogP contribution in [0.25, 0.3) is 6.08 Å². The quantitative estimate of drug-likeness (QED) is 0.836. The predicted octanol–water partition coefficient (Wildman–Crippen LogP) is 2.65. The van der Waals surface area contributed by atoms with Crippen molar-refractivity contribution in [1.29, 1.82) is 0 Å². The van der Waals surface area contributed by atoms with E-state index in [2.05, 4.69) is 5.32 Å². The highest BCUT2D eigenvalue weighted by atomic mass is 16.3. The third kappa shape index (κ3) is 2.74. The van der Waals surface area contributed by atoms with E-state index in [9.17, 15) is 9.59 Å². The van der Waals surface area contributed by atoms with Crippen LogP contribution < -0.4 is 5.32 Å². The molecule has 1 heterocycles. The van der Waals surface area contributed by atoms with Crippen molar-refractivity contribution < 1.29 is 14.0 Å². The lowest BCUT2D eigenvalue weighted by Gasteiger charge is -2.06. The average Bonchev–Trinajstić information content (AvgIpc) is 2.91. The van der Waals surface area contributed by atoms with Gasteiger partial charge in [0.05, 0.1) is 6.26 Å². The number of allylic oxidation sites excluding steroid dienone is 1. The van der Waals surface area contributed by atoms with E-state index in [1.807, 2.05) is 6.07 Å². The van der Waals surface area contributed by atoms with E-state index in [4.69, 9.17) is 4.42 Å². The highest BCUT2D eigenvalue weighted by molar-refractivity contribution is 6.03. The summed E-state index contributed by atoms with van der Waals surface area (Å²) in [7, 11) is 0. The molecule has 0 saturated heterocycles. The molecule has 1 radical (unpaired) electrons. The Bertz CT molecular complexity index is 570. The molecule has 0 spiro atoms. The van der Waals surface area contributed by atoms with Crippen LogP contribution in [0.2, 0.25) is 0 Å². The van der Waals surface area contributed by atoms with Gasteiger partial charge in [-0.05, 0) is 35.9 Å². The van der Waals surface area contributed by atoms with Gasteiger partial charge in [0.2, 0.25) is 6.29 Å². The minimum atomic E-state index is -0.337. The fourth-order valence-corrected chi connectivity index (χ4v) is 1.47. The molecule has 89 valence electrons. The van der Waals surface area contributed by atoms with E-state index < -0.39 is 0 Å². The zero-order valence-corrected chi connectivity index (χ0v) is 9.42. The first-order valence-corrected chi connectivity index (χ1v) is 5.29. The number of anilines is 1. The maximum absolute atomic E-state index is 11.8. The lowest BCUT2D eigenvalue weighted by atomic mass is 10.1. The van der Waals surface area contributed by atoms with E-state index in [0.717, 1.165) is 5.56 Å². The molecule has 0 atom stereocenters. The average molecular weight is 240 g/mol. The number of hydrogen-bond acceptors (Lipinski definition) is 3. The lowest BCUT2D eigenvalue weighted by Crippen LogP contribution is -2.11. The standard InChI is InChI=1S/C14H10NO3/c16-9-3-6-11-5-1-2-7-12(11)15-14(17)13-8-4-10-18-13/h1-8,10H,(H,15,17)/b6-3+. The molecule has 1 aromatic heterocycles. The van der Waals surface area contributed by atoms with E-state index in [1.54, 1.807) is 42.7 Å². The summed E-state index contributed by atoms with van der Waals surface area (Å²) in [6.45, 7) is 0. The van der Waals surface area contributed by atoms with Crippen LogP contribution in [0, 0.1) is 0 Å². The van der Waals surface area contributed by atoms with Gasteiger partial charge in [0.15, 0.2) is 5.76 Å². The molecular formula is C14H10NO3. The van der Waals surface area contributed by atoms with Crippen molar-refractivity contribution in [1.82, 2.24) is 0 Å². The number of furan rings is 1. The number of carbonyl (C=O) groups is 1. The van der Waals surface area contributed by atoms with Gasteiger partial charge in [0.25, 0.3) is 5.91 Å². The molecular weight excluding hydrogens is 230 g/mol. The Kier molecular flexibility index (Phi) is 3.71. The molecule has 0 unspecified atom stereocenters. The zero-order valence-electron chi connectivity index (χ0n) is 9.42. The van der Waals surface area contributed by atoms with E-state index in [0.29, 0.717) is 5.69 Å². The van der Waals surface area contributed by atoms with Crippen LogP contribution in [0.3, 0.4) is 0 Å². The number of nitrogens with one attached hydrogen (secondary N) is 1. The summed E-state index contributed by atoms with van der Waals surface area (Å²) < 4.78 is 5.00. The van der Waals surface area contributed by atoms with Crippen molar-refractivity contribution >= 4 is 24.0 Å². The second kappa shape index (κ2) is 5.63. The van der Waals surface area contributed by atoms with Crippen molar-refractivity contribution in [3.8, 4) is 0 Å². The van der Waals surface area contributed by atoms with Crippen molar-refractivity contribution in [3.63, 3.8) is 0 Å². The fraction of sp³-hybridized carbons (Fsp3) is 0. The van der Waals surface area contributed by atoms with Crippen molar-refractivity contribution in [2.24, 2.45) is 0 Å². The van der Waals surface area contributed by atoms with E-state index in [-0.39, 0.29) is 11.7 Å². The second-order valence-electron chi connectivity index (χ2n) is 3.47. The summed E-state index contributed by atoms with van der Waals surface area (Å²) in [6.07, 6.45) is 5.92. The number of carbonyl (C=O) groups excluding carboxylic acids is 2. The number of para-hydroxylation sites is 1. The van der Waals surface area contributed by atoms with Crippen LogP contribution in [0.5, 0.6) is 0 Å². The van der Waals surface area contributed by atoms with Crippen LogP contribution in [0.1, 0.15) is 16.1 Å². The third-order valence-corrected chi connectivity index (χ3v) is 2.28. The molecule has 18 heavy (non-hydrogen) atoms. The second-order valence-corrected chi connectivity index (χ2v) is 3.47. The monoisotopic (exact) mass is 240 g/mol. The van der Waals surface area contributed by atoms with Crippen molar-refractivity contribution in [2.75, 3.05) is 5.32 Å². The first-order chi connectivity index (χ1) is 8.81. The number of hydrogen-bond donors (Lipinski definition) is 1. The SMILES string of the molecule is O=[C]/C=C/c1ccccc1NC(=O)c1ccco1. The fourth-order valence-electron chi connectivity index (χ4n) is 1.47. The summed E-state index contributed by atoms with van der Waals surface area (Å²) in [6, 6.07) is 10.3. The van der Waals surface area contributed by atoms with Gasteiger partial charge in [-0.15, -0.1) is 0 Å². The van der Waals surface area contributed by atoms with Gasteiger partial charge in [-0.25, -0.2) is 0 Å². The third-order valence-electron chi connectivity index (χ3n) is 2.28. The molecule has 1 amide bonds. The molecule has 0 saturated carbocycles. The first-order valence-electron chi connectivity index (χ1n) is 5.29. The van der Waals surface area contributed by atoms with Crippen LogP contribution in [-0.4, -0.2) is 12.2 Å². The van der Waals surface area contributed by atoms with Gasteiger partial charge in [0, 0.05) is 5.69 Å². The van der Waals surface area contributed by atoms with Crippen molar-refractivity contribution in [2.45, 2.75) is 0 Å². The van der Waals surface area contributed by atoms with Gasteiger partial charge in [-0.2, -0.15) is 0 Å². The van der Waals surface area contributed by atoms with Crippen LogP contribution >= 0.6 is 0 Å². The van der Waals surface area contributed by atoms with Gasteiger partial charge in [0.1, 0.15) is 0 Å². The highest BCUT2D eigenvalue weighted by Gasteiger charge is 2.09. The van der Waals surface area contributed by atoms with Gasteiger partial charge < -0.3 is 9.73 Å². The van der Waals surface area contributed by atoms with Crippen molar-refractivity contribution in [3.05, 3.63) is 60.1 Å². The molecule has 2 aromatic rings. The molecule has 1 aromatic carbocycles. The highest BCUT2D eigenvalue weighted by Crippen LogP contribution is 2.17.